The molecule has 262 valence electrons. The topological polar surface area (TPSA) is 93.1 Å². The number of esters is 1. The molecule has 0 amide bonds. The zero-order chi connectivity index (χ0) is 35.1. The lowest BCUT2D eigenvalue weighted by molar-refractivity contribution is -0.141. The van der Waals surface area contributed by atoms with Gasteiger partial charge in [-0.15, -0.1) is 6.58 Å². The van der Waals surface area contributed by atoms with Crippen molar-refractivity contribution < 1.29 is 29.3 Å². The SMILES string of the molecule is C=C(C)CO.C=CCO.CCCCCc1ccc(-c2ccc3cc(C4CCC(C(CCOC=O)CCOC(C)=O)CC4)ccc3c2)cc1. The van der Waals surface area contributed by atoms with Crippen LogP contribution in [-0.2, 0) is 25.5 Å². The highest BCUT2D eigenvalue weighted by molar-refractivity contribution is 5.88. The Morgan fingerprint density at radius 2 is 1.50 bits per heavy atom. The monoisotopic (exact) mass is 658 g/mol. The summed E-state index contributed by atoms with van der Waals surface area (Å²) < 4.78 is 10.2. The Kier molecular flexibility index (Phi) is 19.8. The second-order valence-corrected chi connectivity index (χ2v) is 12.8. The lowest BCUT2D eigenvalue weighted by Crippen LogP contribution is -2.24. The number of rotatable bonds is 16. The summed E-state index contributed by atoms with van der Waals surface area (Å²) in [5.41, 5.74) is 6.22. The number of benzene rings is 3. The molecule has 3 aromatic carbocycles. The average Bonchev–Trinajstić information content (AvgIpc) is 3.11. The molecule has 48 heavy (non-hydrogen) atoms. The van der Waals surface area contributed by atoms with Crippen LogP contribution in [0.5, 0.6) is 0 Å². The normalized spacial score (nSPS) is 15.9. The van der Waals surface area contributed by atoms with E-state index in [1.807, 2.05) is 0 Å². The van der Waals surface area contributed by atoms with Gasteiger partial charge in [0.15, 0.2) is 0 Å². The molecule has 6 nitrogen and oxygen atoms in total. The third kappa shape index (κ3) is 15.0. The van der Waals surface area contributed by atoms with Crippen molar-refractivity contribution in [3.63, 3.8) is 0 Å². The molecular formula is C42H58O6. The lowest BCUT2D eigenvalue weighted by Gasteiger charge is -2.34. The maximum absolute atomic E-state index is 11.2. The fourth-order valence-electron chi connectivity index (χ4n) is 6.30. The number of hydrogen-bond acceptors (Lipinski definition) is 6. The molecular weight excluding hydrogens is 600 g/mol. The highest BCUT2D eigenvalue weighted by Crippen LogP contribution is 2.41. The quantitative estimate of drug-likeness (QED) is 0.0690. The van der Waals surface area contributed by atoms with E-state index in [-0.39, 0.29) is 19.2 Å². The summed E-state index contributed by atoms with van der Waals surface area (Å²) in [5, 5.41) is 18.4. The minimum absolute atomic E-state index is 0.0833. The fourth-order valence-corrected chi connectivity index (χ4v) is 6.30. The summed E-state index contributed by atoms with van der Waals surface area (Å²) >= 11 is 0. The van der Waals surface area contributed by atoms with Gasteiger partial charge in [-0.2, -0.15) is 0 Å². The molecule has 0 bridgehead atoms. The summed E-state index contributed by atoms with van der Waals surface area (Å²) in [6, 6.07) is 22.9. The van der Waals surface area contributed by atoms with Crippen LogP contribution in [0.3, 0.4) is 0 Å². The highest BCUT2D eigenvalue weighted by atomic mass is 16.5. The molecule has 4 rings (SSSR count). The van der Waals surface area contributed by atoms with E-state index in [9.17, 15) is 9.59 Å². The molecule has 0 heterocycles. The standard InChI is InChI=1S/C35H44O4.C4H8O.C3H6O/c1-3-4-5-6-27-7-9-29(10-8-27)32-15-17-35-24-33(16-18-34(35)23-32)30-13-11-28(12-14-30)31(19-21-38-25-36)20-22-39-26(2)37;1-4(2)3-5;1-2-3-4/h7-10,15-18,23-25,28,30-31H,3-6,11-14,19-22H2,1-2H3;5H,1,3H2,2H3;2,4H,1,3H2. The number of aliphatic hydroxyl groups is 2. The molecule has 1 fully saturated rings. The van der Waals surface area contributed by atoms with Crippen LogP contribution in [0.15, 0.2) is 85.5 Å². The molecule has 1 aliphatic carbocycles. The molecule has 0 radical (unpaired) electrons. The second-order valence-electron chi connectivity index (χ2n) is 12.8. The van der Waals surface area contributed by atoms with E-state index in [4.69, 9.17) is 19.7 Å². The first-order valence-electron chi connectivity index (χ1n) is 17.5. The van der Waals surface area contributed by atoms with E-state index in [1.165, 1.54) is 71.7 Å². The van der Waals surface area contributed by atoms with Gasteiger partial charge in [0.1, 0.15) is 0 Å². The Balaban J connectivity index is 0.000000789. The summed E-state index contributed by atoms with van der Waals surface area (Å²) in [5.74, 6) is 1.32. The minimum Gasteiger partial charge on any atom is -0.468 e. The predicted octanol–water partition coefficient (Wildman–Crippen LogP) is 9.37. The maximum Gasteiger partial charge on any atom is 0.302 e. The molecule has 0 saturated heterocycles. The van der Waals surface area contributed by atoms with Gasteiger partial charge in [-0.3, -0.25) is 9.59 Å². The van der Waals surface area contributed by atoms with E-state index in [0.29, 0.717) is 37.4 Å². The van der Waals surface area contributed by atoms with Crippen LogP contribution in [0.25, 0.3) is 21.9 Å². The average molecular weight is 659 g/mol. The van der Waals surface area contributed by atoms with Gasteiger partial charge in [-0.1, -0.05) is 92.6 Å². The van der Waals surface area contributed by atoms with Crippen molar-refractivity contribution >= 4 is 23.2 Å². The van der Waals surface area contributed by atoms with Crippen LogP contribution in [0, 0.1) is 11.8 Å². The van der Waals surface area contributed by atoms with Crippen LogP contribution < -0.4 is 0 Å². The lowest BCUT2D eigenvalue weighted by atomic mass is 9.72. The number of fused-ring (bicyclic) bond motifs is 1. The van der Waals surface area contributed by atoms with Gasteiger partial charge in [-0.25, -0.2) is 0 Å². The molecule has 3 aromatic rings. The van der Waals surface area contributed by atoms with Crippen LogP contribution in [0.2, 0.25) is 0 Å². The number of aryl methyl sites for hydroxylation is 1. The molecule has 0 aliphatic heterocycles. The Hall–Kier alpha value is -3.74. The third-order valence-corrected chi connectivity index (χ3v) is 9.00. The molecule has 0 spiro atoms. The number of aliphatic hydroxyl groups excluding tert-OH is 2. The highest BCUT2D eigenvalue weighted by Gasteiger charge is 2.28. The van der Waals surface area contributed by atoms with Crippen molar-refractivity contribution in [1.29, 1.82) is 0 Å². The summed E-state index contributed by atoms with van der Waals surface area (Å²) in [6.45, 7) is 13.7. The Morgan fingerprint density at radius 3 is 2.08 bits per heavy atom. The molecule has 6 heteroatoms. The van der Waals surface area contributed by atoms with E-state index < -0.39 is 0 Å². The van der Waals surface area contributed by atoms with Gasteiger partial charge in [-0.05, 0) is 115 Å². The largest absolute Gasteiger partial charge is 0.468 e. The number of ether oxygens (including phenoxy) is 2. The van der Waals surface area contributed by atoms with E-state index in [1.54, 1.807) is 6.92 Å². The van der Waals surface area contributed by atoms with Crippen molar-refractivity contribution in [2.24, 2.45) is 11.8 Å². The molecule has 1 atom stereocenters. The minimum atomic E-state index is -0.235. The summed E-state index contributed by atoms with van der Waals surface area (Å²) in [4.78, 5) is 21.8. The first kappa shape index (κ1) is 40.4. The fraction of sp³-hybridized carbons (Fsp3) is 0.476. The van der Waals surface area contributed by atoms with Crippen molar-refractivity contribution in [3.05, 3.63) is 96.6 Å². The maximum atomic E-state index is 11.2. The van der Waals surface area contributed by atoms with Crippen LogP contribution >= 0.6 is 0 Å². The van der Waals surface area contributed by atoms with Crippen molar-refractivity contribution in [2.45, 2.75) is 90.9 Å². The van der Waals surface area contributed by atoms with Gasteiger partial charge >= 0.3 is 5.97 Å². The number of hydrogen-bond donors (Lipinski definition) is 2. The zero-order valence-corrected chi connectivity index (χ0v) is 29.5. The van der Waals surface area contributed by atoms with E-state index >= 15 is 0 Å². The summed E-state index contributed by atoms with van der Waals surface area (Å²) in [6.07, 6.45) is 12.7. The zero-order valence-electron chi connectivity index (χ0n) is 29.5. The van der Waals surface area contributed by atoms with Crippen molar-refractivity contribution in [2.75, 3.05) is 26.4 Å². The smallest absolute Gasteiger partial charge is 0.302 e. The summed E-state index contributed by atoms with van der Waals surface area (Å²) in [7, 11) is 0. The Morgan fingerprint density at radius 1 is 0.896 bits per heavy atom. The number of unbranched alkanes of at least 4 members (excludes halogenated alkanes) is 2. The number of carbonyl (C=O) groups is 2. The van der Waals surface area contributed by atoms with Crippen LogP contribution in [0.4, 0.5) is 0 Å². The molecule has 0 aromatic heterocycles. The van der Waals surface area contributed by atoms with Crippen molar-refractivity contribution in [3.8, 4) is 11.1 Å². The number of carbonyl (C=O) groups excluding carboxylic acids is 2. The van der Waals surface area contributed by atoms with Gasteiger partial charge in [0.2, 0.25) is 0 Å². The van der Waals surface area contributed by atoms with E-state index in [0.717, 1.165) is 44.1 Å². The third-order valence-electron chi connectivity index (χ3n) is 9.00. The van der Waals surface area contributed by atoms with Crippen molar-refractivity contribution in [1.82, 2.24) is 0 Å². The first-order chi connectivity index (χ1) is 23.3. The van der Waals surface area contributed by atoms with Gasteiger partial charge in [0, 0.05) is 6.92 Å². The van der Waals surface area contributed by atoms with Gasteiger partial charge in [0.05, 0.1) is 26.4 Å². The van der Waals surface area contributed by atoms with Gasteiger partial charge in [0.25, 0.3) is 6.47 Å². The molecule has 1 aliphatic rings. The van der Waals surface area contributed by atoms with Gasteiger partial charge < -0.3 is 19.7 Å². The Bertz CT molecular complexity index is 1370. The Labute approximate surface area is 288 Å². The second kappa shape index (κ2) is 23.6. The molecule has 1 saturated carbocycles. The van der Waals surface area contributed by atoms with Crippen LogP contribution in [0.1, 0.15) is 95.6 Å². The molecule has 1 unspecified atom stereocenters. The first-order valence-corrected chi connectivity index (χ1v) is 17.5. The predicted molar refractivity (Wildman–Crippen MR) is 198 cm³/mol. The van der Waals surface area contributed by atoms with Crippen LogP contribution in [-0.4, -0.2) is 49.1 Å². The molecule has 2 N–H and O–H groups in total. The van der Waals surface area contributed by atoms with E-state index in [2.05, 4.69) is 80.7 Å².